The number of carbonyl (C=O) groups is 1. The second-order valence-electron chi connectivity index (χ2n) is 8.03. The Labute approximate surface area is 170 Å². The van der Waals surface area contributed by atoms with E-state index in [4.69, 9.17) is 5.73 Å². The summed E-state index contributed by atoms with van der Waals surface area (Å²) in [5.74, 6) is -0.487. The van der Waals surface area contributed by atoms with Gasteiger partial charge in [0.2, 0.25) is 5.91 Å². The van der Waals surface area contributed by atoms with Crippen molar-refractivity contribution in [2.45, 2.75) is 44.3 Å². The second-order valence-corrected chi connectivity index (χ2v) is 8.03. The number of fused-ring (bicyclic) bond motifs is 1. The summed E-state index contributed by atoms with van der Waals surface area (Å²) in [5, 5.41) is 0.822. The van der Waals surface area contributed by atoms with Crippen LogP contribution in [0.25, 0.3) is 22.3 Å². The smallest absolute Gasteiger partial charge is 0.368 e. The lowest BCUT2D eigenvalue weighted by Gasteiger charge is -2.37. The van der Waals surface area contributed by atoms with E-state index in [1.807, 2.05) is 12.3 Å². The number of nitrogens with zero attached hydrogens (tertiary/aromatic N) is 4. The quantitative estimate of drug-likeness (QED) is 0.638. The van der Waals surface area contributed by atoms with Gasteiger partial charge in [-0.2, -0.15) is 13.2 Å². The van der Waals surface area contributed by atoms with Crippen LogP contribution in [-0.2, 0) is 4.79 Å². The summed E-state index contributed by atoms with van der Waals surface area (Å²) in [7, 11) is 0. The SMILES string of the molecule is CC(C)(C(N)=O)N(CC(F)(F)F)c1cncc(-c2c[nH]c3ncc(C4CC4)cc23)n1. The minimum absolute atomic E-state index is 0.0886. The minimum atomic E-state index is -4.56. The Morgan fingerprint density at radius 2 is 2.00 bits per heavy atom. The van der Waals surface area contributed by atoms with E-state index < -0.39 is 24.2 Å². The van der Waals surface area contributed by atoms with E-state index in [0.29, 0.717) is 22.8 Å². The second kappa shape index (κ2) is 6.96. The molecule has 0 unspecified atom stereocenters. The number of H-pyrrole nitrogens is 1. The van der Waals surface area contributed by atoms with E-state index in [0.717, 1.165) is 28.7 Å². The maximum Gasteiger partial charge on any atom is 0.406 e. The van der Waals surface area contributed by atoms with Crippen LogP contribution in [0.1, 0.15) is 38.2 Å². The number of pyridine rings is 1. The molecule has 10 heteroatoms. The van der Waals surface area contributed by atoms with Gasteiger partial charge in [0.05, 0.1) is 18.1 Å². The lowest BCUT2D eigenvalue weighted by atomic mass is 10.0. The van der Waals surface area contributed by atoms with Crippen LogP contribution in [0.15, 0.2) is 30.9 Å². The highest BCUT2D eigenvalue weighted by molar-refractivity contribution is 5.93. The number of carbonyl (C=O) groups excluding carboxylic acids is 1. The maximum atomic E-state index is 13.2. The van der Waals surface area contributed by atoms with E-state index in [1.54, 1.807) is 6.20 Å². The van der Waals surface area contributed by atoms with Crippen LogP contribution in [0.5, 0.6) is 0 Å². The molecule has 4 rings (SSSR count). The van der Waals surface area contributed by atoms with Gasteiger partial charge in [-0.1, -0.05) is 0 Å². The topological polar surface area (TPSA) is 101 Å². The van der Waals surface area contributed by atoms with Gasteiger partial charge in [-0.15, -0.1) is 0 Å². The Morgan fingerprint density at radius 1 is 1.27 bits per heavy atom. The van der Waals surface area contributed by atoms with Gasteiger partial charge in [0.25, 0.3) is 0 Å². The fourth-order valence-corrected chi connectivity index (χ4v) is 3.36. The fraction of sp³-hybridized carbons (Fsp3) is 0.400. The van der Waals surface area contributed by atoms with Crippen molar-refractivity contribution in [3.05, 3.63) is 36.4 Å². The Morgan fingerprint density at radius 3 is 2.63 bits per heavy atom. The summed E-state index contributed by atoms with van der Waals surface area (Å²) in [6, 6.07) is 2.03. The molecule has 0 aromatic carbocycles. The average Bonchev–Trinajstić information content (AvgIpc) is 3.44. The molecule has 0 spiro atoms. The van der Waals surface area contributed by atoms with Gasteiger partial charge in [0.1, 0.15) is 23.5 Å². The molecule has 3 N–H and O–H groups in total. The van der Waals surface area contributed by atoms with Crippen LogP contribution in [0.2, 0.25) is 0 Å². The number of primary amides is 1. The van der Waals surface area contributed by atoms with Gasteiger partial charge in [0.15, 0.2) is 0 Å². The summed E-state index contributed by atoms with van der Waals surface area (Å²) in [6.45, 7) is 1.27. The molecular weight excluding hydrogens is 397 g/mol. The number of alkyl halides is 3. The molecule has 3 aromatic rings. The first kappa shape index (κ1) is 20.1. The highest BCUT2D eigenvalue weighted by atomic mass is 19.4. The molecular formula is C20H21F3N6O. The van der Waals surface area contributed by atoms with Gasteiger partial charge in [-0.3, -0.25) is 9.78 Å². The normalized spacial score (nSPS) is 14.8. The molecule has 7 nitrogen and oxygen atoms in total. The fourth-order valence-electron chi connectivity index (χ4n) is 3.36. The molecule has 158 valence electrons. The Balaban J connectivity index is 1.78. The van der Waals surface area contributed by atoms with Gasteiger partial charge >= 0.3 is 6.18 Å². The summed E-state index contributed by atoms with van der Waals surface area (Å²) >= 11 is 0. The molecule has 1 fully saturated rings. The van der Waals surface area contributed by atoms with Crippen molar-refractivity contribution >= 4 is 22.8 Å². The van der Waals surface area contributed by atoms with Crippen molar-refractivity contribution in [2.24, 2.45) is 5.73 Å². The van der Waals surface area contributed by atoms with Crippen molar-refractivity contribution in [1.82, 2.24) is 19.9 Å². The van der Waals surface area contributed by atoms with E-state index in [9.17, 15) is 18.0 Å². The Kier molecular flexibility index (Phi) is 4.67. The number of aromatic amines is 1. The summed E-state index contributed by atoms with van der Waals surface area (Å²) in [6.07, 6.45) is 3.89. The standard InChI is InChI=1S/C20H21F3N6O/c1-19(2,18(24)30)29(10-20(21,22)23)16-9-25-8-15(28-16)14-7-27-17-13(14)5-12(6-26-17)11-3-4-11/h5-9,11H,3-4,10H2,1-2H3,(H2,24,30)(H,26,27). The molecule has 30 heavy (non-hydrogen) atoms. The molecule has 1 aliphatic rings. The lowest BCUT2D eigenvalue weighted by molar-refractivity contribution is -0.129. The monoisotopic (exact) mass is 418 g/mol. The number of nitrogens with two attached hydrogens (primary N) is 1. The van der Waals surface area contributed by atoms with E-state index in [2.05, 4.69) is 19.9 Å². The van der Waals surface area contributed by atoms with Gasteiger partial charge in [-0.25, -0.2) is 9.97 Å². The van der Waals surface area contributed by atoms with E-state index in [-0.39, 0.29) is 5.82 Å². The van der Waals surface area contributed by atoms with Gasteiger partial charge in [-0.05, 0) is 44.2 Å². The zero-order valence-electron chi connectivity index (χ0n) is 16.5. The van der Waals surface area contributed by atoms with Crippen LogP contribution < -0.4 is 10.6 Å². The molecule has 1 amide bonds. The number of hydrogen-bond acceptors (Lipinski definition) is 5. The molecule has 0 radical (unpaired) electrons. The van der Waals surface area contributed by atoms with Crippen molar-refractivity contribution in [3.63, 3.8) is 0 Å². The molecule has 0 bridgehead atoms. The number of aromatic nitrogens is 4. The number of amides is 1. The first-order valence-corrected chi connectivity index (χ1v) is 9.50. The molecule has 0 aliphatic heterocycles. The Bertz CT molecular complexity index is 1100. The zero-order chi connectivity index (χ0) is 21.7. The predicted octanol–water partition coefficient (Wildman–Crippen LogP) is 3.53. The molecule has 3 heterocycles. The van der Waals surface area contributed by atoms with Gasteiger partial charge < -0.3 is 15.6 Å². The van der Waals surface area contributed by atoms with E-state index in [1.165, 1.54) is 26.2 Å². The molecule has 1 aliphatic carbocycles. The minimum Gasteiger partial charge on any atom is -0.368 e. The number of nitrogens with one attached hydrogen (secondary N) is 1. The number of rotatable bonds is 6. The van der Waals surface area contributed by atoms with Crippen LogP contribution in [-0.4, -0.2) is 44.1 Å². The molecule has 0 atom stereocenters. The Hall–Kier alpha value is -3.17. The van der Waals surface area contributed by atoms with Crippen molar-refractivity contribution in [3.8, 4) is 11.3 Å². The predicted molar refractivity (Wildman–Crippen MR) is 106 cm³/mol. The van der Waals surface area contributed by atoms with Crippen molar-refractivity contribution in [2.75, 3.05) is 11.4 Å². The largest absolute Gasteiger partial charge is 0.406 e. The summed E-state index contributed by atoms with van der Waals surface area (Å²) in [4.78, 5) is 28.7. The molecule has 3 aromatic heterocycles. The average molecular weight is 418 g/mol. The molecule has 1 saturated carbocycles. The zero-order valence-corrected chi connectivity index (χ0v) is 16.5. The van der Waals surface area contributed by atoms with Crippen molar-refractivity contribution in [1.29, 1.82) is 0 Å². The highest BCUT2D eigenvalue weighted by Gasteiger charge is 2.41. The summed E-state index contributed by atoms with van der Waals surface area (Å²) < 4.78 is 39.7. The van der Waals surface area contributed by atoms with Crippen LogP contribution >= 0.6 is 0 Å². The van der Waals surface area contributed by atoms with Crippen LogP contribution in [0.3, 0.4) is 0 Å². The maximum absolute atomic E-state index is 13.2. The first-order chi connectivity index (χ1) is 14.1. The van der Waals surface area contributed by atoms with Crippen molar-refractivity contribution < 1.29 is 18.0 Å². The number of hydrogen-bond donors (Lipinski definition) is 2. The first-order valence-electron chi connectivity index (χ1n) is 9.50. The lowest BCUT2D eigenvalue weighted by Crippen LogP contribution is -2.56. The van der Waals surface area contributed by atoms with Gasteiger partial charge in [0, 0.05) is 23.3 Å². The number of anilines is 1. The third-order valence-electron chi connectivity index (χ3n) is 5.39. The third-order valence-corrected chi connectivity index (χ3v) is 5.39. The van der Waals surface area contributed by atoms with Crippen LogP contribution in [0.4, 0.5) is 19.0 Å². The van der Waals surface area contributed by atoms with Crippen LogP contribution in [0, 0.1) is 0 Å². The summed E-state index contributed by atoms with van der Waals surface area (Å²) in [5.41, 5.74) is 6.59. The third kappa shape index (κ3) is 3.81. The highest BCUT2D eigenvalue weighted by Crippen LogP contribution is 2.41. The number of halogens is 3. The van der Waals surface area contributed by atoms with E-state index >= 15 is 0 Å². The molecule has 0 saturated heterocycles.